The monoisotopic (exact) mass is 385 g/mol. The molecule has 0 radical (unpaired) electrons. The zero-order valence-electron chi connectivity index (χ0n) is 15.0. The van der Waals surface area contributed by atoms with E-state index in [-0.39, 0.29) is 11.8 Å². The maximum Gasteiger partial charge on any atom is 0.270 e. The van der Waals surface area contributed by atoms with E-state index in [4.69, 9.17) is 16.0 Å². The van der Waals surface area contributed by atoms with Gasteiger partial charge in [0.2, 0.25) is 5.91 Å². The number of rotatable bonds is 3. The summed E-state index contributed by atoms with van der Waals surface area (Å²) in [6.45, 7) is 4.27. The molecule has 1 fully saturated rings. The number of furan rings is 1. The molecule has 1 aromatic carbocycles. The van der Waals surface area contributed by atoms with E-state index >= 15 is 0 Å². The summed E-state index contributed by atoms with van der Waals surface area (Å²) >= 11 is 6.11. The van der Waals surface area contributed by atoms with Gasteiger partial charge in [-0.15, -0.1) is 0 Å². The van der Waals surface area contributed by atoms with Gasteiger partial charge in [0.05, 0.1) is 11.8 Å². The quantitative estimate of drug-likeness (QED) is 0.695. The summed E-state index contributed by atoms with van der Waals surface area (Å²) < 4.78 is 7.48. The van der Waals surface area contributed by atoms with Gasteiger partial charge in [-0.1, -0.05) is 23.7 Å². The Bertz CT molecular complexity index is 999. The first-order valence-corrected chi connectivity index (χ1v) is 9.26. The molecule has 0 N–H and O–H groups in total. The van der Waals surface area contributed by atoms with Crippen LogP contribution >= 0.6 is 11.6 Å². The third kappa shape index (κ3) is 3.45. The number of carbonyl (C=O) groups excluding carboxylic acids is 2. The minimum absolute atomic E-state index is 0.0453. The van der Waals surface area contributed by atoms with Crippen LogP contribution in [0.25, 0.3) is 11.1 Å². The molecule has 7 heteroatoms. The molecule has 1 aliphatic heterocycles. The number of halogens is 1. The normalized spacial score (nSPS) is 14.7. The summed E-state index contributed by atoms with van der Waals surface area (Å²) in [6.07, 6.45) is 1.62. The van der Waals surface area contributed by atoms with E-state index in [0.717, 1.165) is 11.1 Å². The zero-order valence-corrected chi connectivity index (χ0v) is 15.8. The summed E-state index contributed by atoms with van der Waals surface area (Å²) in [5, 5.41) is 0.663. The van der Waals surface area contributed by atoms with E-state index in [0.29, 0.717) is 49.0 Å². The largest absolute Gasteiger partial charge is 0.463 e. The smallest absolute Gasteiger partial charge is 0.270 e. The number of nitrogens with zero attached hydrogens (tertiary/aromatic N) is 3. The van der Waals surface area contributed by atoms with Crippen molar-refractivity contribution < 1.29 is 14.0 Å². The van der Waals surface area contributed by atoms with Crippen molar-refractivity contribution in [2.45, 2.75) is 13.5 Å². The molecule has 3 aromatic rings. The molecule has 1 saturated heterocycles. The number of hydrogen-bond acceptors (Lipinski definition) is 3. The van der Waals surface area contributed by atoms with Crippen molar-refractivity contribution >= 4 is 34.5 Å². The van der Waals surface area contributed by atoms with Crippen molar-refractivity contribution in [3.63, 3.8) is 0 Å². The molecular formula is C20H20ClN3O3. The fourth-order valence-electron chi connectivity index (χ4n) is 3.53. The number of amides is 2. The van der Waals surface area contributed by atoms with Gasteiger partial charge in [0.25, 0.3) is 5.91 Å². The molecule has 0 saturated carbocycles. The maximum absolute atomic E-state index is 13.2. The topological polar surface area (TPSA) is 58.7 Å². The molecule has 0 spiro atoms. The lowest BCUT2D eigenvalue weighted by atomic mass is 10.2. The van der Waals surface area contributed by atoms with Crippen LogP contribution < -0.4 is 0 Å². The van der Waals surface area contributed by atoms with Crippen molar-refractivity contribution in [3.05, 3.63) is 58.9 Å². The van der Waals surface area contributed by atoms with Crippen LogP contribution in [-0.2, 0) is 11.3 Å². The molecule has 0 atom stereocenters. The second-order valence-corrected chi connectivity index (χ2v) is 7.15. The Morgan fingerprint density at radius 1 is 1.07 bits per heavy atom. The standard InChI is InChI=1S/C20H20ClN3O3/c1-14(25)22-6-8-23(9-7-22)20(26)18-12-19-17(5-10-27-19)24(18)13-15-3-2-4-16(21)11-15/h2-5,10-12H,6-9,13H2,1H3. The predicted molar refractivity (Wildman–Crippen MR) is 103 cm³/mol. The Balaban J connectivity index is 1.63. The van der Waals surface area contributed by atoms with Crippen LogP contribution in [-0.4, -0.2) is 52.4 Å². The highest BCUT2D eigenvalue weighted by Crippen LogP contribution is 2.24. The van der Waals surface area contributed by atoms with Crippen molar-refractivity contribution in [2.75, 3.05) is 26.2 Å². The van der Waals surface area contributed by atoms with E-state index in [1.165, 1.54) is 0 Å². The number of fused-ring (bicyclic) bond motifs is 1. The van der Waals surface area contributed by atoms with E-state index in [2.05, 4.69) is 0 Å². The summed E-state index contributed by atoms with van der Waals surface area (Å²) in [5.74, 6) is -0.00410. The fourth-order valence-corrected chi connectivity index (χ4v) is 3.74. The van der Waals surface area contributed by atoms with Crippen LogP contribution in [0.5, 0.6) is 0 Å². The van der Waals surface area contributed by atoms with Gasteiger partial charge in [0, 0.05) is 56.8 Å². The summed E-state index contributed by atoms with van der Waals surface area (Å²) in [4.78, 5) is 28.2. The highest BCUT2D eigenvalue weighted by molar-refractivity contribution is 6.30. The minimum Gasteiger partial charge on any atom is -0.463 e. The Hall–Kier alpha value is -2.73. The van der Waals surface area contributed by atoms with Crippen molar-refractivity contribution in [3.8, 4) is 0 Å². The predicted octanol–water partition coefficient (Wildman–Crippen LogP) is 3.24. The molecule has 2 amide bonds. The second kappa shape index (κ2) is 7.12. The Morgan fingerprint density at radius 2 is 1.81 bits per heavy atom. The van der Waals surface area contributed by atoms with Crippen molar-refractivity contribution in [1.82, 2.24) is 14.4 Å². The molecule has 27 heavy (non-hydrogen) atoms. The molecule has 0 bridgehead atoms. The molecule has 140 valence electrons. The first kappa shape index (κ1) is 17.7. The highest BCUT2D eigenvalue weighted by Gasteiger charge is 2.26. The number of benzene rings is 1. The molecular weight excluding hydrogens is 366 g/mol. The molecule has 0 unspecified atom stereocenters. The van der Waals surface area contributed by atoms with Gasteiger partial charge in [-0.2, -0.15) is 0 Å². The van der Waals surface area contributed by atoms with Gasteiger partial charge in [-0.25, -0.2) is 0 Å². The molecule has 0 aliphatic carbocycles. The highest BCUT2D eigenvalue weighted by atomic mass is 35.5. The van der Waals surface area contributed by atoms with Gasteiger partial charge in [0.15, 0.2) is 5.58 Å². The zero-order chi connectivity index (χ0) is 19.0. The Morgan fingerprint density at radius 3 is 2.52 bits per heavy atom. The lowest BCUT2D eigenvalue weighted by molar-refractivity contribution is -0.130. The van der Waals surface area contributed by atoms with E-state index in [1.807, 2.05) is 34.9 Å². The van der Waals surface area contributed by atoms with Crippen LogP contribution in [0.3, 0.4) is 0 Å². The summed E-state index contributed by atoms with van der Waals surface area (Å²) in [5.41, 5.74) is 3.15. The number of carbonyl (C=O) groups is 2. The number of hydrogen-bond donors (Lipinski definition) is 0. The van der Waals surface area contributed by atoms with Crippen molar-refractivity contribution in [1.29, 1.82) is 0 Å². The van der Waals surface area contributed by atoms with E-state index < -0.39 is 0 Å². The lowest BCUT2D eigenvalue weighted by Crippen LogP contribution is -2.50. The molecule has 6 nitrogen and oxygen atoms in total. The van der Waals surface area contributed by atoms with Crippen LogP contribution in [0.2, 0.25) is 5.02 Å². The number of piperazine rings is 1. The average molecular weight is 386 g/mol. The van der Waals surface area contributed by atoms with E-state index in [1.54, 1.807) is 29.1 Å². The molecule has 1 aliphatic rings. The second-order valence-electron chi connectivity index (χ2n) is 6.71. The van der Waals surface area contributed by atoms with Gasteiger partial charge >= 0.3 is 0 Å². The number of aromatic nitrogens is 1. The minimum atomic E-state index is -0.0494. The van der Waals surface area contributed by atoms with Gasteiger partial charge in [-0.3, -0.25) is 9.59 Å². The molecule has 4 rings (SSSR count). The lowest BCUT2D eigenvalue weighted by Gasteiger charge is -2.34. The summed E-state index contributed by atoms with van der Waals surface area (Å²) in [6, 6.07) is 11.3. The molecule has 2 aromatic heterocycles. The molecule has 3 heterocycles. The van der Waals surface area contributed by atoms with Gasteiger partial charge < -0.3 is 18.8 Å². The fraction of sp³-hybridized carbons (Fsp3) is 0.300. The third-order valence-corrected chi connectivity index (χ3v) is 5.22. The van der Waals surface area contributed by atoms with Crippen LogP contribution in [0.4, 0.5) is 0 Å². The average Bonchev–Trinajstić information content (AvgIpc) is 3.24. The van der Waals surface area contributed by atoms with Gasteiger partial charge in [0.1, 0.15) is 5.69 Å². The first-order valence-electron chi connectivity index (χ1n) is 8.89. The third-order valence-electron chi connectivity index (χ3n) is 4.98. The maximum atomic E-state index is 13.2. The SMILES string of the molecule is CC(=O)N1CCN(C(=O)c2cc3occc3n2Cc2cccc(Cl)c2)CC1. The van der Waals surface area contributed by atoms with E-state index in [9.17, 15) is 9.59 Å². The summed E-state index contributed by atoms with van der Waals surface area (Å²) in [7, 11) is 0. The Kier molecular flexibility index (Phi) is 4.66. The van der Waals surface area contributed by atoms with Crippen LogP contribution in [0, 0.1) is 0 Å². The van der Waals surface area contributed by atoms with Crippen molar-refractivity contribution in [2.24, 2.45) is 0 Å². The van der Waals surface area contributed by atoms with Crippen LogP contribution in [0.15, 0.2) is 47.1 Å². The van der Waals surface area contributed by atoms with Gasteiger partial charge in [-0.05, 0) is 17.7 Å². The first-order chi connectivity index (χ1) is 13.0. The Labute approximate surface area is 161 Å². The van der Waals surface area contributed by atoms with Crippen LogP contribution in [0.1, 0.15) is 23.0 Å².